The summed E-state index contributed by atoms with van der Waals surface area (Å²) in [7, 11) is 2.39. The van der Waals surface area contributed by atoms with E-state index in [1.807, 2.05) is 0 Å². The fourth-order valence-corrected chi connectivity index (χ4v) is 1.93. The van der Waals surface area contributed by atoms with Gasteiger partial charge in [0.25, 0.3) is 0 Å². The highest BCUT2D eigenvalue weighted by Crippen LogP contribution is 2.06. The Hall–Kier alpha value is -0.0800. The third kappa shape index (κ3) is 2.80. The molecule has 1 atom stereocenters. The van der Waals surface area contributed by atoms with Crippen LogP contribution in [0.3, 0.4) is 0 Å². The van der Waals surface area contributed by atoms with E-state index in [0.29, 0.717) is 0 Å². The summed E-state index contributed by atoms with van der Waals surface area (Å²) in [6.45, 7) is 8.73. The van der Waals surface area contributed by atoms with E-state index in [-0.39, 0.29) is 0 Å². The van der Waals surface area contributed by atoms with Crippen molar-refractivity contribution in [3.63, 3.8) is 0 Å². The summed E-state index contributed by atoms with van der Waals surface area (Å²) in [6, 6.07) is 0. The molecule has 1 heterocycles. The molecule has 0 aromatic heterocycles. The van der Waals surface area contributed by atoms with E-state index in [2.05, 4.69) is 19.3 Å². The first kappa shape index (κ1) is 9.01. The summed E-state index contributed by atoms with van der Waals surface area (Å²) < 4.78 is 1.28. The van der Waals surface area contributed by atoms with Gasteiger partial charge in [0, 0.05) is 19.5 Å². The quantitative estimate of drug-likeness (QED) is 0.586. The van der Waals surface area contributed by atoms with Gasteiger partial charge in [-0.1, -0.05) is 6.92 Å². The van der Waals surface area contributed by atoms with Crippen LogP contribution >= 0.6 is 0 Å². The van der Waals surface area contributed by atoms with E-state index in [1.54, 1.807) is 0 Å². The molecular formula is C9H21N2+. The van der Waals surface area contributed by atoms with Gasteiger partial charge in [0.2, 0.25) is 0 Å². The Kier molecular flexibility index (Phi) is 3.34. The molecule has 0 saturated carbocycles. The Morgan fingerprint density at radius 3 is 2.82 bits per heavy atom. The van der Waals surface area contributed by atoms with Crippen molar-refractivity contribution < 1.29 is 4.48 Å². The number of hydrogen-bond acceptors (Lipinski definition) is 1. The number of likely N-dealkylation sites (N-methyl/N-ethyl adjacent to an activating group) is 1. The molecule has 0 aliphatic carbocycles. The number of nitrogens with one attached hydrogen (secondary N) is 1. The van der Waals surface area contributed by atoms with Crippen LogP contribution in [0.4, 0.5) is 0 Å². The van der Waals surface area contributed by atoms with Gasteiger partial charge < -0.3 is 9.80 Å². The number of hydrogen-bond donors (Lipinski definition) is 1. The van der Waals surface area contributed by atoms with Crippen LogP contribution in [0.1, 0.15) is 19.8 Å². The van der Waals surface area contributed by atoms with Gasteiger partial charge in [-0.15, -0.1) is 0 Å². The molecule has 1 fully saturated rings. The van der Waals surface area contributed by atoms with Gasteiger partial charge in [-0.25, -0.2) is 0 Å². The average Bonchev–Trinajstić information content (AvgIpc) is 2.15. The maximum Gasteiger partial charge on any atom is 0.0911 e. The smallest absolute Gasteiger partial charge is 0.0911 e. The summed E-state index contributed by atoms with van der Waals surface area (Å²) in [6.07, 6.45) is 2.66. The minimum Gasteiger partial charge on any atom is -0.325 e. The summed E-state index contributed by atoms with van der Waals surface area (Å²) >= 11 is 0. The number of nitrogens with zero attached hydrogens (tertiary/aromatic N) is 1. The lowest BCUT2D eigenvalue weighted by molar-refractivity contribution is -0.907. The zero-order valence-corrected chi connectivity index (χ0v) is 7.90. The summed E-state index contributed by atoms with van der Waals surface area (Å²) in [4.78, 5) is 0. The normalized spacial score (nSPS) is 33.3. The summed E-state index contributed by atoms with van der Waals surface area (Å²) in [5, 5.41) is 3.45. The lowest BCUT2D eigenvalue weighted by atomic mass is 10.3. The van der Waals surface area contributed by atoms with E-state index in [1.165, 1.54) is 50.0 Å². The van der Waals surface area contributed by atoms with Crippen LogP contribution < -0.4 is 5.32 Å². The molecule has 1 rings (SSSR count). The van der Waals surface area contributed by atoms with Crippen LogP contribution in [0.5, 0.6) is 0 Å². The van der Waals surface area contributed by atoms with Gasteiger partial charge in [0.1, 0.15) is 0 Å². The molecule has 0 bridgehead atoms. The molecule has 0 aromatic rings. The Morgan fingerprint density at radius 2 is 2.09 bits per heavy atom. The molecular weight excluding hydrogens is 136 g/mol. The van der Waals surface area contributed by atoms with Crippen LogP contribution in [0.15, 0.2) is 0 Å². The molecule has 2 nitrogen and oxygen atoms in total. The highest BCUT2D eigenvalue weighted by molar-refractivity contribution is 4.54. The van der Waals surface area contributed by atoms with Crippen molar-refractivity contribution in [3.8, 4) is 0 Å². The number of quaternary nitrogens is 1. The van der Waals surface area contributed by atoms with E-state index in [9.17, 15) is 0 Å². The Bertz CT molecular complexity index is 104. The molecule has 1 N–H and O–H groups in total. The first-order valence-electron chi connectivity index (χ1n) is 4.81. The third-order valence-electron chi connectivity index (χ3n) is 2.64. The minimum absolute atomic E-state index is 1.20. The molecule has 0 amide bonds. The molecule has 11 heavy (non-hydrogen) atoms. The zero-order chi connectivity index (χ0) is 8.16. The van der Waals surface area contributed by atoms with Crippen LogP contribution in [-0.2, 0) is 0 Å². The lowest BCUT2D eigenvalue weighted by Crippen LogP contribution is -2.46. The van der Waals surface area contributed by atoms with Crippen molar-refractivity contribution in [3.05, 3.63) is 0 Å². The second-order valence-electron chi connectivity index (χ2n) is 3.89. The lowest BCUT2D eigenvalue weighted by Gasteiger charge is -2.32. The van der Waals surface area contributed by atoms with E-state index < -0.39 is 0 Å². The second kappa shape index (κ2) is 4.07. The van der Waals surface area contributed by atoms with Crippen molar-refractivity contribution in [2.75, 3.05) is 39.8 Å². The van der Waals surface area contributed by atoms with Crippen LogP contribution in [0, 0.1) is 0 Å². The predicted octanol–water partition coefficient (Wildman–Crippen LogP) is 0.836. The average molecular weight is 157 g/mol. The van der Waals surface area contributed by atoms with Gasteiger partial charge >= 0.3 is 0 Å². The predicted molar refractivity (Wildman–Crippen MR) is 48.6 cm³/mol. The largest absolute Gasteiger partial charge is 0.325 e. The van der Waals surface area contributed by atoms with E-state index in [4.69, 9.17) is 0 Å². The van der Waals surface area contributed by atoms with Crippen molar-refractivity contribution in [2.24, 2.45) is 0 Å². The summed E-state index contributed by atoms with van der Waals surface area (Å²) in [5.74, 6) is 0. The van der Waals surface area contributed by atoms with Crippen molar-refractivity contribution >= 4 is 0 Å². The first-order chi connectivity index (χ1) is 5.27. The fourth-order valence-electron chi connectivity index (χ4n) is 1.93. The molecule has 0 spiro atoms. The van der Waals surface area contributed by atoms with Crippen molar-refractivity contribution in [1.29, 1.82) is 0 Å². The van der Waals surface area contributed by atoms with Gasteiger partial charge in [-0.2, -0.15) is 0 Å². The molecule has 2 heteroatoms. The van der Waals surface area contributed by atoms with Crippen molar-refractivity contribution in [1.82, 2.24) is 5.32 Å². The third-order valence-corrected chi connectivity index (χ3v) is 2.64. The molecule has 1 aliphatic rings. The molecule has 0 aromatic carbocycles. The van der Waals surface area contributed by atoms with E-state index >= 15 is 0 Å². The highest BCUT2D eigenvalue weighted by Gasteiger charge is 2.21. The maximum absolute atomic E-state index is 3.45. The van der Waals surface area contributed by atoms with Gasteiger partial charge in [0.05, 0.1) is 26.7 Å². The summed E-state index contributed by atoms with van der Waals surface area (Å²) in [5.41, 5.74) is 0. The zero-order valence-electron chi connectivity index (χ0n) is 7.90. The standard InChI is InChI=1S/C9H21N2/c1-3-7-11(2)8-4-5-10-6-9-11/h10H,3-9H2,1-2H3/q+1. The number of rotatable bonds is 2. The second-order valence-corrected chi connectivity index (χ2v) is 3.89. The van der Waals surface area contributed by atoms with Crippen LogP contribution in [-0.4, -0.2) is 44.3 Å². The van der Waals surface area contributed by atoms with Gasteiger partial charge in [0.15, 0.2) is 0 Å². The molecule has 0 radical (unpaired) electrons. The van der Waals surface area contributed by atoms with Crippen molar-refractivity contribution in [2.45, 2.75) is 19.8 Å². The topological polar surface area (TPSA) is 12.0 Å². The van der Waals surface area contributed by atoms with Crippen LogP contribution in [0.2, 0.25) is 0 Å². The Labute approximate surface area is 70.2 Å². The Balaban J connectivity index is 2.38. The van der Waals surface area contributed by atoms with Gasteiger partial charge in [-0.05, 0) is 6.42 Å². The molecule has 1 aliphatic heterocycles. The maximum atomic E-state index is 3.45. The van der Waals surface area contributed by atoms with E-state index in [0.717, 1.165) is 0 Å². The first-order valence-corrected chi connectivity index (χ1v) is 4.81. The SMILES string of the molecule is CCC[N+]1(C)CCCNCC1. The minimum atomic E-state index is 1.20. The molecule has 1 saturated heterocycles. The van der Waals surface area contributed by atoms with Crippen LogP contribution in [0.25, 0.3) is 0 Å². The highest BCUT2D eigenvalue weighted by atomic mass is 15.3. The van der Waals surface area contributed by atoms with Gasteiger partial charge in [-0.3, -0.25) is 0 Å². The monoisotopic (exact) mass is 157 g/mol. The fraction of sp³-hybridized carbons (Fsp3) is 1.00. The molecule has 66 valence electrons. The Morgan fingerprint density at radius 1 is 1.27 bits per heavy atom. The molecule has 1 unspecified atom stereocenters.